The van der Waals surface area contributed by atoms with E-state index in [1.807, 2.05) is 6.20 Å². The Kier molecular flexibility index (Phi) is 2.17. The third-order valence-corrected chi connectivity index (χ3v) is 4.46. The number of aromatic nitrogens is 1. The van der Waals surface area contributed by atoms with Crippen molar-refractivity contribution >= 4 is 28.1 Å². The molecule has 0 spiro atoms. The lowest BCUT2D eigenvalue weighted by molar-refractivity contribution is 0.473. The molecule has 0 radical (unpaired) electrons. The molecule has 2 atom stereocenters. The molecule has 2 aliphatic rings. The van der Waals surface area contributed by atoms with E-state index in [4.69, 9.17) is 11.6 Å². The number of nitrogens with zero attached hydrogens (tertiary/aromatic N) is 2. The maximum atomic E-state index is 6.23. The summed E-state index contributed by atoms with van der Waals surface area (Å²) in [4.78, 5) is 6.91. The molecule has 2 aliphatic heterocycles. The van der Waals surface area contributed by atoms with Crippen molar-refractivity contribution in [1.82, 2.24) is 4.98 Å². The Balaban J connectivity index is 1.88. The summed E-state index contributed by atoms with van der Waals surface area (Å²) in [5.41, 5.74) is 0. The number of piperidine rings is 1. The van der Waals surface area contributed by atoms with Crippen molar-refractivity contribution in [1.29, 1.82) is 0 Å². The molecule has 14 heavy (non-hydrogen) atoms. The normalized spacial score (nSPS) is 36.4. The first-order valence-corrected chi connectivity index (χ1v) is 6.48. The van der Waals surface area contributed by atoms with Crippen LogP contribution in [0.1, 0.15) is 25.7 Å². The van der Waals surface area contributed by atoms with Crippen LogP contribution in [-0.4, -0.2) is 22.4 Å². The number of rotatable bonds is 1. The van der Waals surface area contributed by atoms with Gasteiger partial charge in [0.15, 0.2) is 5.13 Å². The molecule has 2 saturated heterocycles. The molecule has 3 heterocycles. The van der Waals surface area contributed by atoms with Gasteiger partial charge < -0.3 is 4.90 Å². The molecular formula is C10H13ClN2S. The summed E-state index contributed by atoms with van der Waals surface area (Å²) in [5, 5.41) is 3.64. The van der Waals surface area contributed by atoms with Crippen LogP contribution in [0.15, 0.2) is 11.6 Å². The van der Waals surface area contributed by atoms with E-state index in [1.54, 1.807) is 11.3 Å². The molecule has 0 aromatic carbocycles. The Bertz CT molecular complexity index is 300. The van der Waals surface area contributed by atoms with Gasteiger partial charge in [-0.3, -0.25) is 0 Å². The second kappa shape index (κ2) is 3.38. The van der Waals surface area contributed by atoms with Crippen molar-refractivity contribution in [3.63, 3.8) is 0 Å². The number of thiazole rings is 1. The topological polar surface area (TPSA) is 16.1 Å². The predicted molar refractivity (Wildman–Crippen MR) is 60.3 cm³/mol. The van der Waals surface area contributed by atoms with Gasteiger partial charge >= 0.3 is 0 Å². The van der Waals surface area contributed by atoms with E-state index in [0.29, 0.717) is 17.5 Å². The zero-order valence-corrected chi connectivity index (χ0v) is 9.47. The fourth-order valence-corrected chi connectivity index (χ4v) is 3.96. The monoisotopic (exact) mass is 228 g/mol. The maximum absolute atomic E-state index is 6.23. The van der Waals surface area contributed by atoms with E-state index in [2.05, 4.69) is 15.3 Å². The molecule has 4 heteroatoms. The highest BCUT2D eigenvalue weighted by molar-refractivity contribution is 7.13. The van der Waals surface area contributed by atoms with Gasteiger partial charge in [0.1, 0.15) is 0 Å². The summed E-state index contributed by atoms with van der Waals surface area (Å²) in [6.07, 6.45) is 6.77. The Morgan fingerprint density at radius 1 is 1.36 bits per heavy atom. The van der Waals surface area contributed by atoms with E-state index in [0.717, 1.165) is 12.8 Å². The van der Waals surface area contributed by atoms with Crippen LogP contribution in [0.4, 0.5) is 5.13 Å². The van der Waals surface area contributed by atoms with Gasteiger partial charge in [0.2, 0.25) is 0 Å². The van der Waals surface area contributed by atoms with Gasteiger partial charge in [-0.15, -0.1) is 22.9 Å². The van der Waals surface area contributed by atoms with Crippen LogP contribution in [-0.2, 0) is 0 Å². The third-order valence-electron chi connectivity index (χ3n) is 3.32. The Morgan fingerprint density at radius 3 is 2.64 bits per heavy atom. The van der Waals surface area contributed by atoms with Gasteiger partial charge in [0, 0.05) is 29.0 Å². The minimum Gasteiger partial charge on any atom is -0.342 e. The van der Waals surface area contributed by atoms with Gasteiger partial charge in [-0.05, 0) is 25.7 Å². The first-order valence-electron chi connectivity index (χ1n) is 5.16. The molecular weight excluding hydrogens is 216 g/mol. The van der Waals surface area contributed by atoms with Gasteiger partial charge in [0.25, 0.3) is 0 Å². The smallest absolute Gasteiger partial charge is 0.185 e. The van der Waals surface area contributed by atoms with Crippen molar-refractivity contribution in [2.24, 2.45) is 0 Å². The molecule has 0 aliphatic carbocycles. The van der Waals surface area contributed by atoms with Crippen molar-refractivity contribution in [2.45, 2.75) is 43.1 Å². The van der Waals surface area contributed by atoms with E-state index in [-0.39, 0.29) is 0 Å². The molecule has 76 valence electrons. The quantitative estimate of drug-likeness (QED) is 0.688. The summed E-state index contributed by atoms with van der Waals surface area (Å²) < 4.78 is 0. The van der Waals surface area contributed by atoms with Crippen LogP contribution < -0.4 is 4.90 Å². The molecule has 0 saturated carbocycles. The van der Waals surface area contributed by atoms with Gasteiger partial charge in [0.05, 0.1) is 0 Å². The molecule has 2 unspecified atom stereocenters. The maximum Gasteiger partial charge on any atom is 0.185 e. The van der Waals surface area contributed by atoms with E-state index in [9.17, 15) is 0 Å². The van der Waals surface area contributed by atoms with Crippen LogP contribution in [0.25, 0.3) is 0 Å². The number of fused-ring (bicyclic) bond motifs is 2. The number of hydrogen-bond donors (Lipinski definition) is 0. The highest BCUT2D eigenvalue weighted by atomic mass is 35.5. The third kappa shape index (κ3) is 1.34. The summed E-state index contributed by atoms with van der Waals surface area (Å²) in [6, 6.07) is 1.31. The van der Waals surface area contributed by atoms with Crippen molar-refractivity contribution < 1.29 is 0 Å². The summed E-state index contributed by atoms with van der Waals surface area (Å²) in [6.45, 7) is 0. The largest absolute Gasteiger partial charge is 0.342 e. The molecule has 3 rings (SSSR count). The average molecular weight is 229 g/mol. The zero-order chi connectivity index (χ0) is 9.54. The average Bonchev–Trinajstić information content (AvgIpc) is 2.72. The van der Waals surface area contributed by atoms with Crippen LogP contribution in [0.3, 0.4) is 0 Å². The molecule has 2 nitrogen and oxygen atoms in total. The molecule has 1 aromatic heterocycles. The van der Waals surface area contributed by atoms with Crippen molar-refractivity contribution in [2.75, 3.05) is 4.90 Å². The Labute approximate surface area is 92.9 Å². The Hall–Kier alpha value is -0.280. The minimum absolute atomic E-state index is 0.392. The molecule has 1 aromatic rings. The first-order chi connectivity index (χ1) is 6.84. The van der Waals surface area contributed by atoms with E-state index in [1.165, 1.54) is 18.0 Å². The van der Waals surface area contributed by atoms with Gasteiger partial charge in [-0.1, -0.05) is 0 Å². The SMILES string of the molecule is ClC1CC2CCC(C1)N2c1nccs1. The fraction of sp³-hybridized carbons (Fsp3) is 0.700. The second-order valence-electron chi connectivity index (χ2n) is 4.18. The van der Waals surface area contributed by atoms with Crippen molar-refractivity contribution in [3.8, 4) is 0 Å². The van der Waals surface area contributed by atoms with Gasteiger partial charge in [-0.25, -0.2) is 4.98 Å². The number of anilines is 1. The fourth-order valence-electron chi connectivity index (χ4n) is 2.77. The number of alkyl halides is 1. The standard InChI is InChI=1S/C10H13ClN2S/c11-7-5-8-1-2-9(6-7)13(8)10-12-3-4-14-10/h3-4,7-9H,1-2,5-6H2. The molecule has 0 N–H and O–H groups in total. The van der Waals surface area contributed by atoms with Crippen LogP contribution in [0.5, 0.6) is 0 Å². The highest BCUT2D eigenvalue weighted by Gasteiger charge is 2.41. The summed E-state index contributed by atoms with van der Waals surface area (Å²) >= 11 is 7.98. The van der Waals surface area contributed by atoms with Crippen LogP contribution in [0.2, 0.25) is 0 Å². The van der Waals surface area contributed by atoms with Crippen LogP contribution in [0, 0.1) is 0 Å². The number of hydrogen-bond acceptors (Lipinski definition) is 3. The van der Waals surface area contributed by atoms with Crippen LogP contribution >= 0.6 is 22.9 Å². The predicted octanol–water partition coefficient (Wildman–Crippen LogP) is 2.88. The summed E-state index contributed by atoms with van der Waals surface area (Å²) in [7, 11) is 0. The lowest BCUT2D eigenvalue weighted by atomic mass is 10.0. The van der Waals surface area contributed by atoms with Crippen molar-refractivity contribution in [3.05, 3.63) is 11.6 Å². The summed E-state index contributed by atoms with van der Waals surface area (Å²) in [5.74, 6) is 0. The Morgan fingerprint density at radius 2 is 2.07 bits per heavy atom. The number of halogens is 1. The van der Waals surface area contributed by atoms with E-state index >= 15 is 0 Å². The minimum atomic E-state index is 0.392. The van der Waals surface area contributed by atoms with E-state index < -0.39 is 0 Å². The lowest BCUT2D eigenvalue weighted by Crippen LogP contribution is -2.43. The second-order valence-corrected chi connectivity index (χ2v) is 5.67. The molecule has 2 bridgehead atoms. The molecule has 2 fully saturated rings. The molecule has 0 amide bonds. The highest BCUT2D eigenvalue weighted by Crippen LogP contribution is 2.41. The van der Waals surface area contributed by atoms with Gasteiger partial charge in [-0.2, -0.15) is 0 Å². The zero-order valence-electron chi connectivity index (χ0n) is 7.90. The first kappa shape index (κ1) is 8.98. The lowest BCUT2D eigenvalue weighted by Gasteiger charge is -2.36.